The summed E-state index contributed by atoms with van der Waals surface area (Å²) < 4.78 is 5.26. The number of aromatic hydroxyl groups is 1. The van der Waals surface area contributed by atoms with Gasteiger partial charge in [0.25, 0.3) is 0 Å². The first-order valence-corrected chi connectivity index (χ1v) is 7.08. The molecule has 0 atom stereocenters. The number of phenolic OH excluding ortho intramolecular Hbond substituents is 1. The Balaban J connectivity index is 1.76. The fourth-order valence-electron chi connectivity index (χ4n) is 2.05. The smallest absolute Gasteiger partial charge is 0.241 e. The Hall–Kier alpha value is -1.92. The monoisotopic (exact) mass is 291 g/mol. The predicted molar refractivity (Wildman–Crippen MR) is 80.3 cm³/mol. The van der Waals surface area contributed by atoms with Crippen LogP contribution >= 0.6 is 0 Å². The second-order valence-corrected chi connectivity index (χ2v) is 4.98. The van der Waals surface area contributed by atoms with Gasteiger partial charge in [-0.05, 0) is 36.8 Å². The van der Waals surface area contributed by atoms with Crippen molar-refractivity contribution in [3.63, 3.8) is 0 Å². The Morgan fingerprint density at radius 2 is 2.00 bits per heavy atom. The minimum Gasteiger partial charge on any atom is -0.508 e. The molecule has 1 fully saturated rings. The van der Waals surface area contributed by atoms with Gasteiger partial charge in [-0.2, -0.15) is 5.10 Å². The van der Waals surface area contributed by atoms with Crippen molar-refractivity contribution >= 4 is 11.6 Å². The predicted octanol–water partition coefficient (Wildman–Crippen LogP) is 0.955. The van der Waals surface area contributed by atoms with E-state index in [0.29, 0.717) is 12.1 Å². The van der Waals surface area contributed by atoms with Crippen molar-refractivity contribution in [1.82, 2.24) is 10.3 Å². The number of hydrogen-bond acceptors (Lipinski definition) is 5. The molecule has 6 nitrogen and oxygen atoms in total. The van der Waals surface area contributed by atoms with E-state index < -0.39 is 0 Å². The van der Waals surface area contributed by atoms with Gasteiger partial charge in [-0.1, -0.05) is 0 Å². The van der Waals surface area contributed by atoms with Gasteiger partial charge in [0.15, 0.2) is 0 Å². The largest absolute Gasteiger partial charge is 0.508 e. The molecule has 2 N–H and O–H groups in total. The highest BCUT2D eigenvalue weighted by Gasteiger charge is 2.11. The lowest BCUT2D eigenvalue weighted by Crippen LogP contribution is -2.38. The minimum atomic E-state index is -0.0976. The number of carbonyl (C=O) groups is 1. The lowest BCUT2D eigenvalue weighted by molar-refractivity contribution is -0.121. The van der Waals surface area contributed by atoms with E-state index >= 15 is 0 Å². The summed E-state index contributed by atoms with van der Waals surface area (Å²) in [6, 6.07) is 6.70. The van der Waals surface area contributed by atoms with Crippen LogP contribution < -0.4 is 5.43 Å². The van der Waals surface area contributed by atoms with E-state index in [9.17, 15) is 9.90 Å². The van der Waals surface area contributed by atoms with Crippen LogP contribution in [0.25, 0.3) is 0 Å². The van der Waals surface area contributed by atoms with Crippen LogP contribution in [0.4, 0.5) is 0 Å². The van der Waals surface area contributed by atoms with E-state index in [1.54, 1.807) is 24.3 Å². The number of amides is 1. The second kappa shape index (κ2) is 7.75. The highest BCUT2D eigenvalue weighted by Crippen LogP contribution is 2.10. The number of benzene rings is 1. The average molecular weight is 291 g/mol. The zero-order valence-corrected chi connectivity index (χ0v) is 12.2. The van der Waals surface area contributed by atoms with Crippen LogP contribution in [0.3, 0.4) is 0 Å². The molecular weight excluding hydrogens is 270 g/mol. The molecule has 1 amide bonds. The summed E-state index contributed by atoms with van der Waals surface area (Å²) in [5, 5.41) is 13.3. The standard InChI is InChI=1S/C15H21N3O3/c1-12(13-2-4-14(19)5-3-13)16-17-15(20)6-7-18-8-10-21-11-9-18/h2-5,19H,6-11H2,1H3,(H,17,20)/b16-12+. The fraction of sp³-hybridized carbons (Fsp3) is 0.467. The van der Waals surface area contributed by atoms with Crippen molar-refractivity contribution in [3.8, 4) is 5.75 Å². The number of rotatable bonds is 5. The van der Waals surface area contributed by atoms with Gasteiger partial charge < -0.3 is 9.84 Å². The van der Waals surface area contributed by atoms with Gasteiger partial charge >= 0.3 is 0 Å². The molecule has 1 aromatic rings. The first-order chi connectivity index (χ1) is 10.1. The number of phenols is 1. The number of morpholine rings is 1. The molecule has 1 aliphatic rings. The quantitative estimate of drug-likeness (QED) is 0.626. The highest BCUT2D eigenvalue weighted by molar-refractivity contribution is 5.99. The van der Waals surface area contributed by atoms with Crippen molar-refractivity contribution in [2.45, 2.75) is 13.3 Å². The zero-order chi connectivity index (χ0) is 15.1. The highest BCUT2D eigenvalue weighted by atomic mass is 16.5. The summed E-state index contributed by atoms with van der Waals surface area (Å²) in [6.07, 6.45) is 0.423. The van der Waals surface area contributed by atoms with Gasteiger partial charge in [-0.25, -0.2) is 5.43 Å². The van der Waals surface area contributed by atoms with E-state index in [1.807, 2.05) is 6.92 Å². The van der Waals surface area contributed by atoms with E-state index in [-0.39, 0.29) is 11.7 Å². The summed E-state index contributed by atoms with van der Waals surface area (Å²) in [4.78, 5) is 14.0. The summed E-state index contributed by atoms with van der Waals surface area (Å²) >= 11 is 0. The van der Waals surface area contributed by atoms with Crippen molar-refractivity contribution in [1.29, 1.82) is 0 Å². The van der Waals surface area contributed by atoms with Crippen molar-refractivity contribution < 1.29 is 14.6 Å². The molecule has 1 aliphatic heterocycles. The molecule has 0 radical (unpaired) electrons. The third-order valence-electron chi connectivity index (χ3n) is 3.39. The summed E-state index contributed by atoms with van der Waals surface area (Å²) in [5.74, 6) is 0.112. The Morgan fingerprint density at radius 1 is 1.33 bits per heavy atom. The topological polar surface area (TPSA) is 74.2 Å². The summed E-state index contributed by atoms with van der Waals surface area (Å²) in [6.45, 7) is 5.77. The van der Waals surface area contributed by atoms with E-state index in [0.717, 1.165) is 38.4 Å². The summed E-state index contributed by atoms with van der Waals surface area (Å²) in [7, 11) is 0. The Labute approximate surface area is 124 Å². The Bertz CT molecular complexity index is 493. The third-order valence-corrected chi connectivity index (χ3v) is 3.39. The normalized spacial score (nSPS) is 16.7. The van der Waals surface area contributed by atoms with E-state index in [1.165, 1.54) is 0 Å². The number of carbonyl (C=O) groups excluding carboxylic acids is 1. The molecule has 0 bridgehead atoms. The van der Waals surface area contributed by atoms with Crippen LogP contribution in [0.1, 0.15) is 18.9 Å². The Kier molecular flexibility index (Phi) is 5.71. The molecule has 0 unspecified atom stereocenters. The lowest BCUT2D eigenvalue weighted by atomic mass is 10.1. The fourth-order valence-corrected chi connectivity index (χ4v) is 2.05. The zero-order valence-electron chi connectivity index (χ0n) is 12.2. The lowest BCUT2D eigenvalue weighted by Gasteiger charge is -2.25. The molecule has 0 aliphatic carbocycles. The molecule has 1 heterocycles. The summed E-state index contributed by atoms with van der Waals surface area (Å²) in [5.41, 5.74) is 4.13. The van der Waals surface area contributed by atoms with Crippen LogP contribution in [0.5, 0.6) is 5.75 Å². The van der Waals surface area contributed by atoms with Crippen molar-refractivity contribution in [2.75, 3.05) is 32.8 Å². The van der Waals surface area contributed by atoms with Crippen LogP contribution in [-0.4, -0.2) is 54.5 Å². The molecule has 21 heavy (non-hydrogen) atoms. The molecule has 2 rings (SSSR count). The average Bonchev–Trinajstić information content (AvgIpc) is 2.52. The van der Waals surface area contributed by atoms with Gasteiger partial charge in [0.2, 0.25) is 5.91 Å². The van der Waals surface area contributed by atoms with E-state index in [2.05, 4.69) is 15.4 Å². The van der Waals surface area contributed by atoms with Gasteiger partial charge in [-0.3, -0.25) is 9.69 Å². The third kappa shape index (κ3) is 5.17. The second-order valence-electron chi connectivity index (χ2n) is 4.98. The Morgan fingerprint density at radius 3 is 2.67 bits per heavy atom. The molecule has 1 saturated heterocycles. The maximum absolute atomic E-state index is 11.8. The van der Waals surface area contributed by atoms with Crippen molar-refractivity contribution in [2.24, 2.45) is 5.10 Å². The number of hydrogen-bond donors (Lipinski definition) is 2. The maximum atomic E-state index is 11.8. The van der Waals surface area contributed by atoms with Crippen LogP contribution in [0.15, 0.2) is 29.4 Å². The van der Waals surface area contributed by atoms with Gasteiger partial charge in [0.1, 0.15) is 5.75 Å². The molecule has 0 saturated carbocycles. The maximum Gasteiger partial charge on any atom is 0.241 e. The molecule has 0 spiro atoms. The molecular formula is C15H21N3O3. The number of hydrazone groups is 1. The molecule has 1 aromatic carbocycles. The molecule has 0 aromatic heterocycles. The molecule has 114 valence electrons. The van der Waals surface area contributed by atoms with Gasteiger partial charge in [0, 0.05) is 26.1 Å². The van der Waals surface area contributed by atoms with E-state index in [4.69, 9.17) is 4.74 Å². The van der Waals surface area contributed by atoms with Crippen LogP contribution in [0.2, 0.25) is 0 Å². The van der Waals surface area contributed by atoms with Crippen molar-refractivity contribution in [3.05, 3.63) is 29.8 Å². The van der Waals surface area contributed by atoms with Crippen LogP contribution in [-0.2, 0) is 9.53 Å². The number of ether oxygens (including phenoxy) is 1. The van der Waals surface area contributed by atoms with Gasteiger partial charge in [0.05, 0.1) is 18.9 Å². The van der Waals surface area contributed by atoms with Crippen LogP contribution in [0, 0.1) is 0 Å². The first-order valence-electron chi connectivity index (χ1n) is 7.08. The first kappa shape index (κ1) is 15.5. The molecule has 6 heteroatoms. The number of nitrogens with one attached hydrogen (secondary N) is 1. The van der Waals surface area contributed by atoms with Gasteiger partial charge in [-0.15, -0.1) is 0 Å². The number of nitrogens with zero attached hydrogens (tertiary/aromatic N) is 2. The minimum absolute atomic E-state index is 0.0976. The SMILES string of the molecule is C/C(=N\NC(=O)CCN1CCOCC1)c1ccc(O)cc1.